The van der Waals surface area contributed by atoms with Gasteiger partial charge in [-0.1, -0.05) is 24.3 Å². The first-order chi connectivity index (χ1) is 12.8. The van der Waals surface area contributed by atoms with Gasteiger partial charge in [0.2, 0.25) is 0 Å². The van der Waals surface area contributed by atoms with Crippen LogP contribution in [-0.4, -0.2) is 30.6 Å². The lowest BCUT2D eigenvalue weighted by atomic mass is 10.1. The number of ether oxygens (including phenoxy) is 2. The normalized spacial score (nSPS) is 16.6. The molecular formula is C22H25NO4. The maximum absolute atomic E-state index is 12.8. The molecule has 1 aliphatic heterocycles. The van der Waals surface area contributed by atoms with Gasteiger partial charge in [0, 0.05) is 11.7 Å². The average molecular weight is 367 g/mol. The molecule has 0 saturated carbocycles. The zero-order valence-electron chi connectivity index (χ0n) is 16.2. The Kier molecular flexibility index (Phi) is 5.49. The summed E-state index contributed by atoms with van der Waals surface area (Å²) in [6, 6.07) is 13.6. The van der Waals surface area contributed by atoms with Crippen molar-refractivity contribution in [2.75, 3.05) is 11.5 Å². The fourth-order valence-electron chi connectivity index (χ4n) is 3.54. The number of hydrogen-bond donors (Lipinski definition) is 0. The van der Waals surface area contributed by atoms with Crippen molar-refractivity contribution in [3.63, 3.8) is 0 Å². The molecule has 0 bridgehead atoms. The minimum atomic E-state index is -0.867. The summed E-state index contributed by atoms with van der Waals surface area (Å²) in [5.41, 5.74) is 4.15. The highest BCUT2D eigenvalue weighted by atomic mass is 16.6. The number of amides is 1. The van der Waals surface area contributed by atoms with E-state index in [1.54, 1.807) is 11.8 Å². The first kappa shape index (κ1) is 19.0. The monoisotopic (exact) mass is 367 g/mol. The first-order valence-electron chi connectivity index (χ1n) is 9.16. The molecule has 2 aromatic carbocycles. The van der Waals surface area contributed by atoms with Crippen LogP contribution in [0.3, 0.4) is 0 Å². The summed E-state index contributed by atoms with van der Waals surface area (Å²) >= 11 is 0. The molecule has 2 atom stereocenters. The molecule has 1 heterocycles. The van der Waals surface area contributed by atoms with E-state index in [2.05, 4.69) is 0 Å². The van der Waals surface area contributed by atoms with E-state index < -0.39 is 12.1 Å². The smallest absolute Gasteiger partial charge is 0.344 e. The molecule has 0 unspecified atom stereocenters. The molecule has 0 N–H and O–H groups in total. The highest BCUT2D eigenvalue weighted by molar-refractivity contribution is 5.99. The predicted molar refractivity (Wildman–Crippen MR) is 104 cm³/mol. The summed E-state index contributed by atoms with van der Waals surface area (Å²) in [4.78, 5) is 26.7. The van der Waals surface area contributed by atoms with E-state index in [1.807, 2.05) is 63.2 Å². The molecule has 27 heavy (non-hydrogen) atoms. The molecule has 0 fully saturated rings. The third-order valence-corrected chi connectivity index (χ3v) is 4.65. The number of aryl methyl sites for hydroxylation is 2. The molecule has 1 amide bonds. The Bertz CT molecular complexity index is 841. The lowest BCUT2D eigenvalue weighted by Crippen LogP contribution is -2.43. The highest BCUT2D eigenvalue weighted by Crippen LogP contribution is 2.32. The van der Waals surface area contributed by atoms with Crippen LogP contribution in [0.25, 0.3) is 0 Å². The molecule has 5 nitrogen and oxygen atoms in total. The Hall–Kier alpha value is -2.82. The van der Waals surface area contributed by atoms with Crippen molar-refractivity contribution in [2.24, 2.45) is 0 Å². The molecule has 2 aromatic rings. The first-order valence-corrected chi connectivity index (χ1v) is 9.16. The second-order valence-corrected chi connectivity index (χ2v) is 7.13. The van der Waals surface area contributed by atoms with Crippen molar-refractivity contribution >= 4 is 17.6 Å². The molecule has 1 aliphatic rings. The molecule has 0 saturated heterocycles. The second kappa shape index (κ2) is 7.82. The number of carbonyl (C=O) groups excluding carboxylic acids is 2. The standard InChI is InChI=1S/C22H25NO4/c1-14-9-15(2)11-19(10-14)26-13-21(24)27-17(4)22(25)23-16(3)12-18-7-5-6-8-20(18)23/h5-11,16-17H,12-13H2,1-4H3/t16-,17+/m1/s1. The fourth-order valence-corrected chi connectivity index (χ4v) is 3.54. The van der Waals surface area contributed by atoms with Crippen molar-refractivity contribution in [3.8, 4) is 5.75 Å². The van der Waals surface area contributed by atoms with Gasteiger partial charge in [-0.3, -0.25) is 4.79 Å². The number of para-hydroxylation sites is 1. The SMILES string of the molecule is Cc1cc(C)cc(OCC(=O)O[C@@H](C)C(=O)N2c3ccccc3C[C@H]2C)c1. The van der Waals surface area contributed by atoms with Gasteiger partial charge in [-0.2, -0.15) is 0 Å². The van der Waals surface area contributed by atoms with Crippen LogP contribution in [-0.2, 0) is 20.7 Å². The predicted octanol–water partition coefficient (Wildman–Crippen LogP) is 3.59. The van der Waals surface area contributed by atoms with Crippen LogP contribution in [0.1, 0.15) is 30.5 Å². The Morgan fingerprint density at radius 1 is 1.15 bits per heavy atom. The molecule has 0 aliphatic carbocycles. The maximum atomic E-state index is 12.8. The van der Waals surface area contributed by atoms with Crippen LogP contribution in [0.5, 0.6) is 5.75 Å². The number of hydrogen-bond acceptors (Lipinski definition) is 4. The zero-order chi connectivity index (χ0) is 19.6. The van der Waals surface area contributed by atoms with Gasteiger partial charge >= 0.3 is 5.97 Å². The van der Waals surface area contributed by atoms with Crippen LogP contribution < -0.4 is 9.64 Å². The van der Waals surface area contributed by atoms with E-state index in [9.17, 15) is 9.59 Å². The maximum Gasteiger partial charge on any atom is 0.344 e. The molecule has 3 rings (SSSR count). The number of benzene rings is 2. The van der Waals surface area contributed by atoms with Gasteiger partial charge in [-0.05, 0) is 69.0 Å². The average Bonchev–Trinajstić information content (AvgIpc) is 2.94. The Morgan fingerprint density at radius 2 is 1.81 bits per heavy atom. The summed E-state index contributed by atoms with van der Waals surface area (Å²) in [6.45, 7) is 7.30. The van der Waals surface area contributed by atoms with Crippen LogP contribution >= 0.6 is 0 Å². The number of esters is 1. The summed E-state index contributed by atoms with van der Waals surface area (Å²) < 4.78 is 10.8. The third kappa shape index (κ3) is 4.30. The zero-order valence-corrected chi connectivity index (χ0v) is 16.2. The number of rotatable bonds is 5. The minimum Gasteiger partial charge on any atom is -0.482 e. The number of nitrogens with zero attached hydrogens (tertiary/aromatic N) is 1. The highest BCUT2D eigenvalue weighted by Gasteiger charge is 2.34. The van der Waals surface area contributed by atoms with E-state index in [0.717, 1.165) is 28.8 Å². The molecule has 0 radical (unpaired) electrons. The van der Waals surface area contributed by atoms with Crippen LogP contribution in [0.2, 0.25) is 0 Å². The summed E-state index contributed by atoms with van der Waals surface area (Å²) in [7, 11) is 0. The molecule has 5 heteroatoms. The summed E-state index contributed by atoms with van der Waals surface area (Å²) in [5.74, 6) is -0.159. The van der Waals surface area contributed by atoms with Crippen molar-refractivity contribution in [3.05, 3.63) is 59.2 Å². The number of carbonyl (C=O) groups is 2. The Balaban J connectivity index is 1.59. The lowest BCUT2D eigenvalue weighted by Gasteiger charge is -2.25. The van der Waals surface area contributed by atoms with Gasteiger partial charge in [-0.15, -0.1) is 0 Å². The topological polar surface area (TPSA) is 55.8 Å². The minimum absolute atomic E-state index is 0.0440. The van der Waals surface area contributed by atoms with Crippen LogP contribution in [0.4, 0.5) is 5.69 Å². The van der Waals surface area contributed by atoms with Crippen molar-refractivity contribution in [2.45, 2.75) is 46.3 Å². The van der Waals surface area contributed by atoms with E-state index in [-0.39, 0.29) is 18.6 Å². The molecule has 142 valence electrons. The summed E-state index contributed by atoms with van der Waals surface area (Å²) in [6.07, 6.45) is -0.0627. The van der Waals surface area contributed by atoms with Gasteiger partial charge in [0.05, 0.1) is 0 Å². The lowest BCUT2D eigenvalue weighted by molar-refractivity contribution is -0.155. The van der Waals surface area contributed by atoms with E-state index in [1.165, 1.54) is 0 Å². The van der Waals surface area contributed by atoms with Gasteiger partial charge < -0.3 is 14.4 Å². The van der Waals surface area contributed by atoms with Crippen LogP contribution in [0.15, 0.2) is 42.5 Å². The van der Waals surface area contributed by atoms with E-state index in [4.69, 9.17) is 9.47 Å². The van der Waals surface area contributed by atoms with Crippen molar-refractivity contribution < 1.29 is 19.1 Å². The van der Waals surface area contributed by atoms with Crippen molar-refractivity contribution in [1.29, 1.82) is 0 Å². The van der Waals surface area contributed by atoms with Crippen LogP contribution in [0, 0.1) is 13.8 Å². The van der Waals surface area contributed by atoms with E-state index >= 15 is 0 Å². The van der Waals surface area contributed by atoms with E-state index in [0.29, 0.717) is 5.75 Å². The van der Waals surface area contributed by atoms with Crippen molar-refractivity contribution in [1.82, 2.24) is 0 Å². The van der Waals surface area contributed by atoms with Gasteiger partial charge in [0.15, 0.2) is 12.7 Å². The third-order valence-electron chi connectivity index (χ3n) is 4.65. The van der Waals surface area contributed by atoms with Gasteiger partial charge in [-0.25, -0.2) is 4.79 Å². The molecule has 0 spiro atoms. The largest absolute Gasteiger partial charge is 0.482 e. The Labute approximate surface area is 159 Å². The number of fused-ring (bicyclic) bond motifs is 1. The van der Waals surface area contributed by atoms with Gasteiger partial charge in [0.1, 0.15) is 5.75 Å². The quantitative estimate of drug-likeness (QED) is 0.758. The molecule has 0 aromatic heterocycles. The summed E-state index contributed by atoms with van der Waals surface area (Å²) in [5, 5.41) is 0. The number of anilines is 1. The fraction of sp³-hybridized carbons (Fsp3) is 0.364. The Morgan fingerprint density at radius 3 is 2.52 bits per heavy atom. The molecular weight excluding hydrogens is 342 g/mol. The second-order valence-electron chi connectivity index (χ2n) is 7.13. The van der Waals surface area contributed by atoms with Gasteiger partial charge in [0.25, 0.3) is 5.91 Å².